The summed E-state index contributed by atoms with van der Waals surface area (Å²) in [6.07, 6.45) is 1.99. The molecule has 0 aliphatic carbocycles. The van der Waals surface area contributed by atoms with Gasteiger partial charge >= 0.3 is 0 Å². The molecule has 0 aliphatic rings. The quantitative estimate of drug-likeness (QED) is 0.538. The van der Waals surface area contributed by atoms with Crippen molar-refractivity contribution < 1.29 is 20.1 Å². The van der Waals surface area contributed by atoms with Crippen molar-refractivity contribution in [1.82, 2.24) is 0 Å². The van der Waals surface area contributed by atoms with E-state index >= 15 is 0 Å². The Kier molecular flexibility index (Phi) is 5.14. The van der Waals surface area contributed by atoms with Gasteiger partial charge in [-0.2, -0.15) is 0 Å². The highest BCUT2D eigenvalue weighted by molar-refractivity contribution is 5.93. The summed E-state index contributed by atoms with van der Waals surface area (Å²) in [6.45, 7) is 6.05. The van der Waals surface area contributed by atoms with Gasteiger partial charge in [-0.25, -0.2) is 0 Å². The van der Waals surface area contributed by atoms with E-state index in [1.54, 1.807) is 0 Å². The summed E-state index contributed by atoms with van der Waals surface area (Å²) < 4.78 is 0. The minimum atomic E-state index is -1.60. The normalized spacial score (nSPS) is 19.0. The maximum Gasteiger partial charge on any atom is 0.195 e. The van der Waals surface area contributed by atoms with E-state index < -0.39 is 17.0 Å². The average Bonchev–Trinajstić information content (AvgIpc) is 2.13. The molecule has 15 heavy (non-hydrogen) atoms. The number of carbonyl (C=O) groups excluding carboxylic acids is 1. The Morgan fingerprint density at radius 2 is 1.87 bits per heavy atom. The van der Waals surface area contributed by atoms with Gasteiger partial charge in [-0.1, -0.05) is 6.08 Å². The van der Waals surface area contributed by atoms with Gasteiger partial charge in [0.1, 0.15) is 11.2 Å². The fourth-order valence-electron chi connectivity index (χ4n) is 1.49. The molecule has 0 saturated heterocycles. The van der Waals surface area contributed by atoms with Crippen molar-refractivity contribution in [2.45, 2.75) is 44.3 Å². The number of hydrogen-bond acceptors (Lipinski definition) is 4. The molecule has 0 aromatic carbocycles. The van der Waals surface area contributed by atoms with Crippen LogP contribution in [-0.4, -0.2) is 38.9 Å². The number of aliphatic hydroxyl groups is 3. The second kappa shape index (κ2) is 5.39. The summed E-state index contributed by atoms with van der Waals surface area (Å²) >= 11 is 0. The number of hydrogen-bond donors (Lipinski definition) is 3. The fraction of sp³-hybridized carbons (Fsp3) is 0.727. The molecule has 0 spiro atoms. The molecule has 4 nitrogen and oxygen atoms in total. The third-order valence-electron chi connectivity index (χ3n) is 2.34. The van der Waals surface area contributed by atoms with E-state index in [1.165, 1.54) is 19.9 Å². The first-order valence-electron chi connectivity index (χ1n) is 4.99. The van der Waals surface area contributed by atoms with E-state index in [-0.39, 0.29) is 19.4 Å². The maximum absolute atomic E-state index is 11.8. The molecule has 0 unspecified atom stereocenters. The van der Waals surface area contributed by atoms with E-state index in [2.05, 4.69) is 6.58 Å². The van der Waals surface area contributed by atoms with Gasteiger partial charge in [0.15, 0.2) is 5.78 Å². The van der Waals surface area contributed by atoms with Crippen LogP contribution in [0.3, 0.4) is 0 Å². The van der Waals surface area contributed by atoms with Crippen LogP contribution < -0.4 is 0 Å². The van der Waals surface area contributed by atoms with E-state index in [0.717, 1.165) is 0 Å². The standard InChI is InChI=1S/C11H20O4/c1-4-6-10(2,14)9(13)11(3,15)7-5-8-12/h4,12,14-15H,1,5-8H2,2-3H3/t10-,11-/m0/s1. The molecule has 0 bridgehead atoms. The Bertz CT molecular complexity index is 231. The monoisotopic (exact) mass is 216 g/mol. The van der Waals surface area contributed by atoms with Crippen molar-refractivity contribution in [2.75, 3.05) is 6.61 Å². The van der Waals surface area contributed by atoms with E-state index in [9.17, 15) is 15.0 Å². The highest BCUT2D eigenvalue weighted by Gasteiger charge is 2.41. The van der Waals surface area contributed by atoms with Crippen molar-refractivity contribution in [2.24, 2.45) is 0 Å². The van der Waals surface area contributed by atoms with Gasteiger partial charge in [0.25, 0.3) is 0 Å². The van der Waals surface area contributed by atoms with Gasteiger partial charge in [-0.05, 0) is 26.7 Å². The molecule has 2 atom stereocenters. The van der Waals surface area contributed by atoms with Crippen molar-refractivity contribution in [1.29, 1.82) is 0 Å². The first kappa shape index (κ1) is 14.3. The van der Waals surface area contributed by atoms with Crippen LogP contribution >= 0.6 is 0 Å². The Morgan fingerprint density at radius 1 is 1.33 bits per heavy atom. The Labute approximate surface area is 90.2 Å². The second-order valence-electron chi connectivity index (χ2n) is 4.20. The second-order valence-corrected chi connectivity index (χ2v) is 4.20. The maximum atomic E-state index is 11.8. The minimum absolute atomic E-state index is 0.0902. The van der Waals surface area contributed by atoms with Gasteiger partial charge in [0, 0.05) is 13.0 Å². The highest BCUT2D eigenvalue weighted by atomic mass is 16.3. The summed E-state index contributed by atoms with van der Waals surface area (Å²) in [5.74, 6) is -0.636. The highest BCUT2D eigenvalue weighted by Crippen LogP contribution is 2.23. The lowest BCUT2D eigenvalue weighted by Gasteiger charge is -2.30. The van der Waals surface area contributed by atoms with Gasteiger partial charge in [-0.15, -0.1) is 6.58 Å². The molecular weight excluding hydrogens is 196 g/mol. The minimum Gasteiger partial charge on any atom is -0.396 e. The third kappa shape index (κ3) is 4.11. The lowest BCUT2D eigenvalue weighted by atomic mass is 9.83. The van der Waals surface area contributed by atoms with Gasteiger partial charge < -0.3 is 15.3 Å². The summed E-state index contributed by atoms with van der Waals surface area (Å²) in [4.78, 5) is 11.8. The van der Waals surface area contributed by atoms with Crippen LogP contribution in [0.25, 0.3) is 0 Å². The van der Waals surface area contributed by atoms with E-state index in [4.69, 9.17) is 5.11 Å². The van der Waals surface area contributed by atoms with E-state index in [1.807, 2.05) is 0 Å². The molecule has 3 N–H and O–H groups in total. The van der Waals surface area contributed by atoms with Crippen LogP contribution in [0, 0.1) is 0 Å². The first-order valence-corrected chi connectivity index (χ1v) is 4.99. The number of ketones is 1. The smallest absolute Gasteiger partial charge is 0.195 e. The molecule has 0 aromatic rings. The lowest BCUT2D eigenvalue weighted by Crippen LogP contribution is -2.49. The summed E-state index contributed by atoms with van der Waals surface area (Å²) in [6, 6.07) is 0. The number of carbonyl (C=O) groups is 1. The van der Waals surface area contributed by atoms with Crippen molar-refractivity contribution in [3.63, 3.8) is 0 Å². The van der Waals surface area contributed by atoms with Crippen LogP contribution in [0.15, 0.2) is 12.7 Å². The summed E-state index contributed by atoms with van der Waals surface area (Å²) in [7, 11) is 0. The zero-order chi connectivity index (χ0) is 12.1. The van der Waals surface area contributed by atoms with Crippen LogP contribution in [-0.2, 0) is 4.79 Å². The van der Waals surface area contributed by atoms with Crippen molar-refractivity contribution in [3.05, 3.63) is 12.7 Å². The first-order chi connectivity index (χ1) is 6.78. The number of rotatable bonds is 7. The van der Waals surface area contributed by atoms with Gasteiger partial charge in [0.2, 0.25) is 0 Å². The Balaban J connectivity index is 4.59. The zero-order valence-corrected chi connectivity index (χ0v) is 9.36. The van der Waals surface area contributed by atoms with Crippen LogP contribution in [0.5, 0.6) is 0 Å². The predicted octanol–water partition coefficient (Wildman–Crippen LogP) is 0.406. The molecule has 0 radical (unpaired) electrons. The topological polar surface area (TPSA) is 77.8 Å². The van der Waals surface area contributed by atoms with Crippen molar-refractivity contribution in [3.8, 4) is 0 Å². The zero-order valence-electron chi connectivity index (χ0n) is 9.36. The molecule has 0 rings (SSSR count). The Morgan fingerprint density at radius 3 is 2.27 bits per heavy atom. The van der Waals surface area contributed by atoms with Crippen molar-refractivity contribution >= 4 is 5.78 Å². The van der Waals surface area contributed by atoms with Crippen LogP contribution in [0.2, 0.25) is 0 Å². The number of Topliss-reactive ketones (excluding diaryl/α,β-unsaturated/α-hetero) is 1. The largest absolute Gasteiger partial charge is 0.396 e. The molecule has 0 saturated carbocycles. The van der Waals surface area contributed by atoms with Gasteiger partial charge in [-0.3, -0.25) is 4.79 Å². The SMILES string of the molecule is C=CC[C@](C)(O)C(=O)[C@@](C)(O)CCCO. The molecule has 0 amide bonds. The molecule has 0 fully saturated rings. The molecule has 88 valence electrons. The fourth-order valence-corrected chi connectivity index (χ4v) is 1.49. The Hall–Kier alpha value is -0.710. The summed E-state index contributed by atoms with van der Waals surface area (Å²) in [5.41, 5.74) is -3.20. The average molecular weight is 216 g/mol. The molecular formula is C11H20O4. The van der Waals surface area contributed by atoms with Crippen LogP contribution in [0.1, 0.15) is 33.1 Å². The summed E-state index contributed by atoms with van der Waals surface area (Å²) in [5, 5.41) is 28.2. The predicted molar refractivity (Wildman–Crippen MR) is 57.4 cm³/mol. The molecule has 0 heterocycles. The lowest BCUT2D eigenvalue weighted by molar-refractivity contribution is -0.154. The van der Waals surface area contributed by atoms with Gasteiger partial charge in [0.05, 0.1) is 0 Å². The van der Waals surface area contributed by atoms with E-state index in [0.29, 0.717) is 6.42 Å². The number of aliphatic hydroxyl groups excluding tert-OH is 1. The molecule has 4 heteroatoms. The van der Waals surface area contributed by atoms with Crippen LogP contribution in [0.4, 0.5) is 0 Å². The third-order valence-corrected chi connectivity index (χ3v) is 2.34. The molecule has 0 aliphatic heterocycles. The molecule has 0 aromatic heterocycles.